The summed E-state index contributed by atoms with van der Waals surface area (Å²) in [6.45, 7) is 6.29. The molecule has 1 heterocycles. The maximum absolute atomic E-state index is 12.3. The van der Waals surface area contributed by atoms with Gasteiger partial charge in [0, 0.05) is 21.8 Å². The van der Waals surface area contributed by atoms with Crippen molar-refractivity contribution in [1.29, 1.82) is 0 Å². The number of rotatable bonds is 4. The first-order chi connectivity index (χ1) is 9.99. The second kappa shape index (κ2) is 7.56. The van der Waals surface area contributed by atoms with E-state index in [1.165, 1.54) is 9.99 Å². The van der Waals surface area contributed by atoms with E-state index in [0.29, 0.717) is 25.0 Å². The first-order valence-electron chi connectivity index (χ1n) is 7.49. The number of carbonyl (C=O) groups excluding carboxylic acids is 1. The lowest BCUT2D eigenvalue weighted by Crippen LogP contribution is -2.47. The van der Waals surface area contributed by atoms with Crippen LogP contribution in [0.15, 0.2) is 18.2 Å². The third-order valence-corrected chi connectivity index (χ3v) is 4.92. The van der Waals surface area contributed by atoms with Crippen molar-refractivity contribution in [3.05, 3.63) is 27.3 Å². The fraction of sp³-hybridized carbons (Fsp3) is 0.562. The molecule has 0 aliphatic carbocycles. The van der Waals surface area contributed by atoms with Crippen molar-refractivity contribution in [1.82, 2.24) is 4.90 Å². The SMILES string of the molecule is Cc1cc(I)ccc1NC(=O)CN1CC(CN)CCC1C. The molecule has 1 saturated heterocycles. The van der Waals surface area contributed by atoms with Gasteiger partial charge in [0.2, 0.25) is 5.91 Å². The van der Waals surface area contributed by atoms with Gasteiger partial charge in [-0.3, -0.25) is 9.69 Å². The number of piperidine rings is 1. The number of nitrogens with zero attached hydrogens (tertiary/aromatic N) is 1. The minimum absolute atomic E-state index is 0.0591. The van der Waals surface area contributed by atoms with Crippen LogP contribution in [-0.2, 0) is 4.79 Å². The largest absolute Gasteiger partial charge is 0.330 e. The number of carbonyl (C=O) groups is 1. The maximum atomic E-state index is 12.3. The maximum Gasteiger partial charge on any atom is 0.238 e. The predicted octanol–water partition coefficient (Wildman–Crippen LogP) is 2.60. The van der Waals surface area contributed by atoms with Gasteiger partial charge in [0.05, 0.1) is 6.54 Å². The Morgan fingerprint density at radius 2 is 2.24 bits per heavy atom. The number of amides is 1. The summed E-state index contributed by atoms with van der Waals surface area (Å²) in [6.07, 6.45) is 2.30. The van der Waals surface area contributed by atoms with Gasteiger partial charge < -0.3 is 11.1 Å². The van der Waals surface area contributed by atoms with Crippen LogP contribution in [0.25, 0.3) is 0 Å². The molecule has 1 aliphatic heterocycles. The average molecular weight is 401 g/mol. The zero-order valence-electron chi connectivity index (χ0n) is 12.7. The Morgan fingerprint density at radius 3 is 2.90 bits per heavy atom. The molecule has 21 heavy (non-hydrogen) atoms. The number of hydrogen-bond donors (Lipinski definition) is 2. The second-order valence-corrected chi connectivity index (χ2v) is 7.21. The summed E-state index contributed by atoms with van der Waals surface area (Å²) in [5.74, 6) is 0.581. The minimum Gasteiger partial charge on any atom is -0.330 e. The summed E-state index contributed by atoms with van der Waals surface area (Å²) in [5.41, 5.74) is 7.77. The Kier molecular flexibility index (Phi) is 6.01. The van der Waals surface area contributed by atoms with Gasteiger partial charge in [0.1, 0.15) is 0 Å². The molecule has 2 atom stereocenters. The lowest BCUT2D eigenvalue weighted by Gasteiger charge is -2.37. The van der Waals surface area contributed by atoms with Gasteiger partial charge in [-0.2, -0.15) is 0 Å². The minimum atomic E-state index is 0.0591. The van der Waals surface area contributed by atoms with Gasteiger partial charge >= 0.3 is 0 Å². The molecular formula is C16H24IN3O. The van der Waals surface area contributed by atoms with Crippen LogP contribution in [0, 0.1) is 16.4 Å². The topological polar surface area (TPSA) is 58.4 Å². The van der Waals surface area contributed by atoms with Crippen molar-refractivity contribution in [2.45, 2.75) is 32.7 Å². The van der Waals surface area contributed by atoms with Crippen LogP contribution < -0.4 is 11.1 Å². The molecule has 0 spiro atoms. The lowest BCUT2D eigenvalue weighted by atomic mass is 9.93. The molecule has 0 aromatic heterocycles. The molecule has 0 bridgehead atoms. The van der Waals surface area contributed by atoms with Gasteiger partial charge in [-0.1, -0.05) is 0 Å². The number of likely N-dealkylation sites (tertiary alicyclic amines) is 1. The van der Waals surface area contributed by atoms with Crippen molar-refractivity contribution in [3.8, 4) is 0 Å². The van der Waals surface area contributed by atoms with Crippen LogP contribution in [0.4, 0.5) is 5.69 Å². The molecule has 1 amide bonds. The fourth-order valence-corrected chi connectivity index (χ4v) is 3.46. The van der Waals surface area contributed by atoms with E-state index in [-0.39, 0.29) is 5.91 Å². The normalized spacial score (nSPS) is 23.0. The van der Waals surface area contributed by atoms with Crippen molar-refractivity contribution in [2.75, 3.05) is 25.0 Å². The van der Waals surface area contributed by atoms with E-state index in [1.54, 1.807) is 0 Å². The zero-order chi connectivity index (χ0) is 15.4. The van der Waals surface area contributed by atoms with Crippen molar-refractivity contribution in [3.63, 3.8) is 0 Å². The number of aryl methyl sites for hydroxylation is 1. The standard InChI is InChI=1S/C16H24IN3O/c1-11-7-14(17)5-6-15(11)19-16(21)10-20-9-13(8-18)4-3-12(20)2/h5-7,12-13H,3-4,8-10,18H2,1-2H3,(H,19,21). The van der Waals surface area contributed by atoms with Crippen molar-refractivity contribution in [2.24, 2.45) is 11.7 Å². The molecule has 1 aliphatic rings. The second-order valence-electron chi connectivity index (χ2n) is 5.96. The highest BCUT2D eigenvalue weighted by atomic mass is 127. The Hall–Kier alpha value is -0.660. The molecule has 2 unspecified atom stereocenters. The van der Waals surface area contributed by atoms with Crippen LogP contribution in [0.5, 0.6) is 0 Å². The van der Waals surface area contributed by atoms with Crippen LogP contribution in [0.3, 0.4) is 0 Å². The molecule has 1 aromatic carbocycles. The number of benzene rings is 1. The van der Waals surface area contributed by atoms with Crippen LogP contribution in [0.2, 0.25) is 0 Å². The number of hydrogen-bond acceptors (Lipinski definition) is 3. The lowest BCUT2D eigenvalue weighted by molar-refractivity contribution is -0.118. The molecule has 2 rings (SSSR count). The molecule has 0 radical (unpaired) electrons. The van der Waals surface area contributed by atoms with E-state index >= 15 is 0 Å². The molecule has 0 saturated carbocycles. The first kappa shape index (κ1) is 16.7. The van der Waals surface area contributed by atoms with Crippen LogP contribution >= 0.6 is 22.6 Å². The zero-order valence-corrected chi connectivity index (χ0v) is 14.9. The number of halogens is 1. The van der Waals surface area contributed by atoms with E-state index in [1.807, 2.05) is 19.1 Å². The van der Waals surface area contributed by atoms with E-state index in [2.05, 4.69) is 45.8 Å². The number of nitrogens with two attached hydrogens (primary N) is 1. The molecule has 1 aromatic rings. The van der Waals surface area contributed by atoms with E-state index in [9.17, 15) is 4.79 Å². The van der Waals surface area contributed by atoms with Gasteiger partial charge in [0.25, 0.3) is 0 Å². The van der Waals surface area contributed by atoms with Gasteiger partial charge in [-0.05, 0) is 85.5 Å². The summed E-state index contributed by atoms with van der Waals surface area (Å²) < 4.78 is 1.18. The van der Waals surface area contributed by atoms with E-state index in [0.717, 1.165) is 24.2 Å². The third-order valence-electron chi connectivity index (χ3n) is 4.25. The molecule has 5 heteroatoms. The fourth-order valence-electron chi connectivity index (χ4n) is 2.82. The monoisotopic (exact) mass is 401 g/mol. The Morgan fingerprint density at radius 1 is 1.48 bits per heavy atom. The highest BCUT2D eigenvalue weighted by molar-refractivity contribution is 14.1. The highest BCUT2D eigenvalue weighted by Gasteiger charge is 2.26. The van der Waals surface area contributed by atoms with E-state index in [4.69, 9.17) is 5.73 Å². The number of anilines is 1. The van der Waals surface area contributed by atoms with Gasteiger partial charge in [0.15, 0.2) is 0 Å². The summed E-state index contributed by atoms with van der Waals surface area (Å²) in [6, 6.07) is 6.51. The predicted molar refractivity (Wildman–Crippen MR) is 95.3 cm³/mol. The average Bonchev–Trinajstić information content (AvgIpc) is 2.44. The smallest absolute Gasteiger partial charge is 0.238 e. The molecule has 116 valence electrons. The molecule has 1 fully saturated rings. The third kappa shape index (κ3) is 4.66. The summed E-state index contributed by atoms with van der Waals surface area (Å²) in [7, 11) is 0. The highest BCUT2D eigenvalue weighted by Crippen LogP contribution is 2.21. The quantitative estimate of drug-likeness (QED) is 0.763. The number of nitrogens with one attached hydrogen (secondary N) is 1. The molecule has 4 nitrogen and oxygen atoms in total. The molecule has 3 N–H and O–H groups in total. The van der Waals surface area contributed by atoms with Crippen molar-refractivity contribution >= 4 is 34.2 Å². The Balaban J connectivity index is 1.94. The van der Waals surface area contributed by atoms with Crippen LogP contribution in [-0.4, -0.2) is 36.5 Å². The van der Waals surface area contributed by atoms with Gasteiger partial charge in [-0.25, -0.2) is 0 Å². The van der Waals surface area contributed by atoms with Crippen molar-refractivity contribution < 1.29 is 4.79 Å². The Labute approximate surface area is 140 Å². The summed E-state index contributed by atoms with van der Waals surface area (Å²) in [4.78, 5) is 14.5. The molecular weight excluding hydrogens is 377 g/mol. The first-order valence-corrected chi connectivity index (χ1v) is 8.57. The van der Waals surface area contributed by atoms with Crippen LogP contribution in [0.1, 0.15) is 25.3 Å². The summed E-state index contributed by atoms with van der Waals surface area (Å²) >= 11 is 2.28. The Bertz CT molecular complexity index is 506. The van der Waals surface area contributed by atoms with Gasteiger partial charge in [-0.15, -0.1) is 0 Å². The van der Waals surface area contributed by atoms with E-state index < -0.39 is 0 Å². The summed E-state index contributed by atoms with van der Waals surface area (Å²) in [5, 5.41) is 3.02.